The molecule has 0 spiro atoms. The first-order valence-electron chi connectivity index (χ1n) is 7.65. The Bertz CT molecular complexity index is 899. The molecule has 4 nitrogen and oxygen atoms in total. The van der Waals surface area contributed by atoms with E-state index in [4.69, 9.17) is 4.74 Å². The van der Waals surface area contributed by atoms with Gasteiger partial charge in [0.05, 0.1) is 13.3 Å². The van der Waals surface area contributed by atoms with Crippen LogP contribution in [0.15, 0.2) is 65.8 Å². The second-order valence-electron chi connectivity index (χ2n) is 5.47. The first kappa shape index (κ1) is 15.7. The first-order valence-corrected chi connectivity index (χ1v) is 7.65. The van der Waals surface area contributed by atoms with Crippen molar-refractivity contribution in [3.63, 3.8) is 0 Å². The molecule has 0 bridgehead atoms. The number of ether oxygens (including phenoxy) is 1. The molecule has 0 radical (unpaired) electrons. The Morgan fingerprint density at radius 3 is 2.54 bits per heavy atom. The van der Waals surface area contributed by atoms with Gasteiger partial charge in [0, 0.05) is 11.1 Å². The molecule has 3 aromatic rings. The third-order valence-corrected chi connectivity index (χ3v) is 3.82. The van der Waals surface area contributed by atoms with Crippen molar-refractivity contribution in [2.24, 2.45) is 5.10 Å². The van der Waals surface area contributed by atoms with Crippen LogP contribution in [0.4, 0.5) is 0 Å². The number of nitrogens with one attached hydrogen (secondary N) is 1. The Hall–Kier alpha value is -3.14. The van der Waals surface area contributed by atoms with Crippen molar-refractivity contribution in [2.75, 3.05) is 7.11 Å². The number of hydrazone groups is 1. The molecule has 4 heteroatoms. The first-order chi connectivity index (χ1) is 11.7. The Labute approximate surface area is 140 Å². The van der Waals surface area contributed by atoms with Gasteiger partial charge in [-0.25, -0.2) is 5.43 Å². The van der Waals surface area contributed by atoms with Gasteiger partial charge in [-0.3, -0.25) is 4.79 Å². The fourth-order valence-corrected chi connectivity index (χ4v) is 2.51. The van der Waals surface area contributed by atoms with Crippen LogP contribution >= 0.6 is 0 Å². The SMILES string of the molecule is COc1ccc2ccccc2c1/C=N\NC(=O)c1ccc(C)cc1. The summed E-state index contributed by atoms with van der Waals surface area (Å²) < 4.78 is 5.40. The van der Waals surface area contributed by atoms with E-state index in [9.17, 15) is 4.79 Å². The van der Waals surface area contributed by atoms with Crippen molar-refractivity contribution in [3.8, 4) is 5.75 Å². The summed E-state index contributed by atoms with van der Waals surface area (Å²) in [6.45, 7) is 1.98. The summed E-state index contributed by atoms with van der Waals surface area (Å²) in [6.07, 6.45) is 1.62. The van der Waals surface area contributed by atoms with E-state index in [0.29, 0.717) is 11.3 Å². The highest BCUT2D eigenvalue weighted by Crippen LogP contribution is 2.26. The number of hydrogen-bond donors (Lipinski definition) is 1. The number of rotatable bonds is 4. The van der Waals surface area contributed by atoms with E-state index >= 15 is 0 Å². The topological polar surface area (TPSA) is 50.7 Å². The predicted octanol–water partition coefficient (Wildman–Crippen LogP) is 3.92. The van der Waals surface area contributed by atoms with Crippen LogP contribution in [-0.4, -0.2) is 19.2 Å². The molecule has 3 rings (SSSR count). The maximum atomic E-state index is 12.1. The molecule has 3 aromatic carbocycles. The fourth-order valence-electron chi connectivity index (χ4n) is 2.51. The number of carbonyl (C=O) groups excluding carboxylic acids is 1. The maximum absolute atomic E-state index is 12.1. The molecular formula is C20H18N2O2. The zero-order valence-corrected chi connectivity index (χ0v) is 13.6. The molecule has 0 unspecified atom stereocenters. The lowest BCUT2D eigenvalue weighted by Crippen LogP contribution is -2.17. The van der Waals surface area contributed by atoms with Gasteiger partial charge in [0.2, 0.25) is 0 Å². The highest BCUT2D eigenvalue weighted by Gasteiger charge is 2.07. The van der Waals surface area contributed by atoms with Gasteiger partial charge in [0.1, 0.15) is 5.75 Å². The fraction of sp³-hybridized carbons (Fsp3) is 0.100. The minimum absolute atomic E-state index is 0.245. The van der Waals surface area contributed by atoms with Crippen molar-refractivity contribution >= 4 is 22.9 Å². The van der Waals surface area contributed by atoms with E-state index < -0.39 is 0 Å². The molecule has 24 heavy (non-hydrogen) atoms. The molecule has 0 atom stereocenters. The number of methoxy groups -OCH3 is 1. The third-order valence-electron chi connectivity index (χ3n) is 3.82. The van der Waals surface area contributed by atoms with Gasteiger partial charge in [-0.05, 0) is 35.9 Å². The summed E-state index contributed by atoms with van der Waals surface area (Å²) in [5.74, 6) is 0.465. The number of carbonyl (C=O) groups is 1. The standard InChI is InChI=1S/C20H18N2O2/c1-14-7-9-16(10-8-14)20(23)22-21-13-18-17-6-4-3-5-15(17)11-12-19(18)24-2/h3-13H,1-2H3,(H,22,23)/b21-13-. The predicted molar refractivity (Wildman–Crippen MR) is 96.7 cm³/mol. The quantitative estimate of drug-likeness (QED) is 0.585. The molecule has 120 valence electrons. The van der Waals surface area contributed by atoms with Crippen LogP contribution in [-0.2, 0) is 0 Å². The molecule has 0 aliphatic rings. The lowest BCUT2D eigenvalue weighted by molar-refractivity contribution is 0.0955. The second-order valence-corrected chi connectivity index (χ2v) is 5.47. The summed E-state index contributed by atoms with van der Waals surface area (Å²) in [4.78, 5) is 12.1. The molecule has 0 aromatic heterocycles. The van der Waals surface area contributed by atoms with E-state index in [2.05, 4.69) is 10.5 Å². The van der Waals surface area contributed by atoms with Crippen LogP contribution in [0.5, 0.6) is 5.75 Å². The molecule has 0 aliphatic carbocycles. The summed E-state index contributed by atoms with van der Waals surface area (Å²) in [7, 11) is 1.62. The average molecular weight is 318 g/mol. The summed E-state index contributed by atoms with van der Waals surface area (Å²) in [6, 6.07) is 19.2. The largest absolute Gasteiger partial charge is 0.496 e. The van der Waals surface area contributed by atoms with Gasteiger partial charge in [0.15, 0.2) is 0 Å². The van der Waals surface area contributed by atoms with Crippen molar-refractivity contribution in [3.05, 3.63) is 77.4 Å². The summed E-state index contributed by atoms with van der Waals surface area (Å²) in [5.41, 5.74) is 5.07. The van der Waals surface area contributed by atoms with Crippen LogP contribution in [0.2, 0.25) is 0 Å². The van der Waals surface area contributed by atoms with Crippen LogP contribution in [0.25, 0.3) is 10.8 Å². The third kappa shape index (κ3) is 3.27. The Kier molecular flexibility index (Phi) is 4.57. The molecule has 0 saturated carbocycles. The number of aryl methyl sites for hydroxylation is 1. The highest BCUT2D eigenvalue weighted by atomic mass is 16.5. The van der Waals surface area contributed by atoms with E-state index in [1.54, 1.807) is 25.5 Å². The van der Waals surface area contributed by atoms with Crippen molar-refractivity contribution in [1.29, 1.82) is 0 Å². The van der Waals surface area contributed by atoms with E-state index in [0.717, 1.165) is 21.9 Å². The van der Waals surface area contributed by atoms with Crippen molar-refractivity contribution < 1.29 is 9.53 Å². The van der Waals surface area contributed by atoms with Gasteiger partial charge >= 0.3 is 0 Å². The van der Waals surface area contributed by atoms with Crippen LogP contribution < -0.4 is 10.2 Å². The van der Waals surface area contributed by atoms with E-state index in [1.807, 2.05) is 55.5 Å². The number of nitrogens with zero attached hydrogens (tertiary/aromatic N) is 1. The molecule has 1 amide bonds. The number of benzene rings is 3. The second kappa shape index (κ2) is 6.96. The Morgan fingerprint density at radius 2 is 1.79 bits per heavy atom. The number of hydrogen-bond acceptors (Lipinski definition) is 3. The maximum Gasteiger partial charge on any atom is 0.271 e. The monoisotopic (exact) mass is 318 g/mol. The molecule has 0 fully saturated rings. The lowest BCUT2D eigenvalue weighted by Gasteiger charge is -2.08. The molecule has 1 N–H and O–H groups in total. The summed E-state index contributed by atoms with van der Waals surface area (Å²) >= 11 is 0. The highest BCUT2D eigenvalue weighted by molar-refractivity contribution is 6.03. The van der Waals surface area contributed by atoms with Crippen LogP contribution in [0, 0.1) is 6.92 Å². The van der Waals surface area contributed by atoms with Gasteiger partial charge in [-0.15, -0.1) is 0 Å². The van der Waals surface area contributed by atoms with Gasteiger partial charge in [-0.1, -0.05) is 48.0 Å². The Balaban J connectivity index is 1.85. The van der Waals surface area contributed by atoms with E-state index in [1.165, 1.54) is 0 Å². The summed E-state index contributed by atoms with van der Waals surface area (Å²) in [5, 5.41) is 6.20. The Morgan fingerprint density at radius 1 is 1.04 bits per heavy atom. The van der Waals surface area contributed by atoms with Crippen molar-refractivity contribution in [1.82, 2.24) is 5.43 Å². The zero-order valence-electron chi connectivity index (χ0n) is 13.6. The molecule has 0 saturated heterocycles. The van der Waals surface area contributed by atoms with Crippen molar-refractivity contribution in [2.45, 2.75) is 6.92 Å². The molecule has 0 aliphatic heterocycles. The molecular weight excluding hydrogens is 300 g/mol. The molecule has 0 heterocycles. The van der Waals surface area contributed by atoms with Gasteiger partial charge in [0.25, 0.3) is 5.91 Å². The van der Waals surface area contributed by atoms with Crippen LogP contribution in [0.1, 0.15) is 21.5 Å². The van der Waals surface area contributed by atoms with Crippen LogP contribution in [0.3, 0.4) is 0 Å². The lowest BCUT2D eigenvalue weighted by atomic mass is 10.0. The number of fused-ring (bicyclic) bond motifs is 1. The minimum Gasteiger partial charge on any atom is -0.496 e. The smallest absolute Gasteiger partial charge is 0.271 e. The minimum atomic E-state index is -0.245. The zero-order chi connectivity index (χ0) is 16.9. The van der Waals surface area contributed by atoms with Gasteiger partial charge in [-0.2, -0.15) is 5.10 Å². The van der Waals surface area contributed by atoms with Gasteiger partial charge < -0.3 is 4.74 Å². The van der Waals surface area contributed by atoms with E-state index in [-0.39, 0.29) is 5.91 Å². The average Bonchev–Trinajstić information content (AvgIpc) is 2.62. The normalized spacial score (nSPS) is 10.9. The number of amides is 1.